The van der Waals surface area contributed by atoms with Gasteiger partial charge >= 0.3 is 0 Å². The van der Waals surface area contributed by atoms with Crippen LogP contribution in [0.15, 0.2) is 53.7 Å². The Labute approximate surface area is 167 Å². The first-order chi connectivity index (χ1) is 14.2. The molecule has 0 unspecified atom stereocenters. The summed E-state index contributed by atoms with van der Waals surface area (Å²) in [5.74, 6) is 0.781. The largest absolute Gasteiger partial charge is 0.357 e. The van der Waals surface area contributed by atoms with Gasteiger partial charge in [-0.05, 0) is 31.2 Å². The molecule has 0 atom stereocenters. The fourth-order valence-corrected chi connectivity index (χ4v) is 3.22. The molecule has 0 fully saturated rings. The quantitative estimate of drug-likeness (QED) is 0.370. The molecule has 148 valence electrons. The van der Waals surface area contributed by atoms with E-state index in [1.165, 1.54) is 4.90 Å². The van der Waals surface area contributed by atoms with Crippen molar-refractivity contribution in [3.8, 4) is 0 Å². The van der Waals surface area contributed by atoms with Crippen LogP contribution in [0.25, 0.3) is 5.65 Å². The Balaban J connectivity index is 1.39. The number of amides is 2. The Morgan fingerprint density at radius 1 is 1.00 bits per heavy atom. The normalized spacial score (nSPS) is 13.8. The van der Waals surface area contributed by atoms with Crippen LogP contribution in [0, 0.1) is 0 Å². The third kappa shape index (κ3) is 3.66. The summed E-state index contributed by atoms with van der Waals surface area (Å²) in [4.78, 5) is 30.6. The number of aliphatic imine (C=N–C) groups is 1. The fourth-order valence-electron chi connectivity index (χ4n) is 3.22. The van der Waals surface area contributed by atoms with E-state index < -0.39 is 0 Å². The van der Waals surface area contributed by atoms with Gasteiger partial charge in [-0.1, -0.05) is 18.2 Å². The number of aromatic nitrogens is 3. The number of guanidine groups is 1. The van der Waals surface area contributed by atoms with Gasteiger partial charge in [-0.15, -0.1) is 10.2 Å². The molecular formula is C20H21N7O2. The van der Waals surface area contributed by atoms with Gasteiger partial charge < -0.3 is 10.6 Å². The summed E-state index contributed by atoms with van der Waals surface area (Å²) in [7, 11) is 0. The van der Waals surface area contributed by atoms with Crippen LogP contribution in [0.5, 0.6) is 0 Å². The van der Waals surface area contributed by atoms with Gasteiger partial charge in [0.05, 0.1) is 11.1 Å². The van der Waals surface area contributed by atoms with Crippen LogP contribution in [-0.4, -0.2) is 56.9 Å². The monoisotopic (exact) mass is 391 g/mol. The van der Waals surface area contributed by atoms with Crippen LogP contribution in [-0.2, 0) is 6.54 Å². The van der Waals surface area contributed by atoms with E-state index in [9.17, 15) is 9.59 Å². The van der Waals surface area contributed by atoms with Crippen molar-refractivity contribution in [2.75, 3.05) is 19.6 Å². The highest BCUT2D eigenvalue weighted by Gasteiger charge is 2.34. The summed E-state index contributed by atoms with van der Waals surface area (Å²) in [6.45, 7) is 3.63. The topological polar surface area (TPSA) is 104 Å². The lowest BCUT2D eigenvalue weighted by Crippen LogP contribution is -2.43. The molecule has 2 amide bonds. The van der Waals surface area contributed by atoms with Gasteiger partial charge in [-0.2, -0.15) is 0 Å². The number of nitrogens with one attached hydrogen (secondary N) is 2. The summed E-state index contributed by atoms with van der Waals surface area (Å²) >= 11 is 0. The Morgan fingerprint density at radius 2 is 1.72 bits per heavy atom. The lowest BCUT2D eigenvalue weighted by atomic mass is 10.1. The first-order valence-electron chi connectivity index (χ1n) is 9.45. The zero-order valence-corrected chi connectivity index (χ0v) is 16.0. The van der Waals surface area contributed by atoms with E-state index in [1.807, 2.05) is 35.7 Å². The smallest absolute Gasteiger partial charge is 0.261 e. The predicted octanol–water partition coefficient (Wildman–Crippen LogP) is 1.08. The second kappa shape index (κ2) is 8.09. The number of hydrogen-bond donors (Lipinski definition) is 2. The molecule has 3 heterocycles. The van der Waals surface area contributed by atoms with E-state index >= 15 is 0 Å². The second-order valence-electron chi connectivity index (χ2n) is 6.47. The van der Waals surface area contributed by atoms with Crippen molar-refractivity contribution < 1.29 is 9.59 Å². The number of carbonyl (C=O) groups excluding carboxylic acids is 2. The van der Waals surface area contributed by atoms with Gasteiger partial charge in [0.2, 0.25) is 0 Å². The zero-order chi connectivity index (χ0) is 20.2. The molecule has 0 aliphatic carbocycles. The Kier molecular flexibility index (Phi) is 5.19. The number of carbonyl (C=O) groups is 2. The van der Waals surface area contributed by atoms with E-state index in [1.54, 1.807) is 24.3 Å². The molecule has 2 N–H and O–H groups in total. The Hall–Kier alpha value is -3.75. The number of benzene rings is 1. The molecule has 2 aromatic heterocycles. The first kappa shape index (κ1) is 18.6. The molecule has 0 saturated heterocycles. The van der Waals surface area contributed by atoms with Gasteiger partial charge in [0.1, 0.15) is 6.54 Å². The second-order valence-corrected chi connectivity index (χ2v) is 6.47. The minimum absolute atomic E-state index is 0.255. The first-order valence-corrected chi connectivity index (χ1v) is 9.45. The van der Waals surface area contributed by atoms with Crippen LogP contribution in [0.2, 0.25) is 0 Å². The maximum atomic E-state index is 12.4. The predicted molar refractivity (Wildman–Crippen MR) is 108 cm³/mol. The van der Waals surface area contributed by atoms with Crippen LogP contribution in [0.4, 0.5) is 0 Å². The molecule has 9 nitrogen and oxygen atoms in total. The lowest BCUT2D eigenvalue weighted by molar-refractivity contribution is 0.0657. The van der Waals surface area contributed by atoms with Gasteiger partial charge in [-0.3, -0.25) is 18.9 Å². The highest BCUT2D eigenvalue weighted by Crippen LogP contribution is 2.21. The Morgan fingerprint density at radius 3 is 2.45 bits per heavy atom. The minimum atomic E-state index is -0.260. The fraction of sp³-hybridized carbons (Fsp3) is 0.250. The molecule has 4 rings (SSSR count). The lowest BCUT2D eigenvalue weighted by Gasteiger charge is -2.16. The molecule has 3 aromatic rings. The molecule has 0 spiro atoms. The highest BCUT2D eigenvalue weighted by molar-refractivity contribution is 6.21. The van der Waals surface area contributed by atoms with Gasteiger partial charge in [-0.25, -0.2) is 4.99 Å². The van der Waals surface area contributed by atoms with Crippen molar-refractivity contribution in [2.45, 2.75) is 13.5 Å². The number of rotatable bonds is 6. The highest BCUT2D eigenvalue weighted by atomic mass is 16.2. The summed E-state index contributed by atoms with van der Waals surface area (Å²) in [5, 5.41) is 14.6. The number of fused-ring (bicyclic) bond motifs is 2. The van der Waals surface area contributed by atoms with Crippen molar-refractivity contribution in [1.29, 1.82) is 0 Å². The van der Waals surface area contributed by atoms with Crippen molar-refractivity contribution in [3.63, 3.8) is 0 Å². The summed E-state index contributed by atoms with van der Waals surface area (Å²) in [6.07, 6.45) is 1.89. The average molecular weight is 391 g/mol. The number of imide groups is 1. The zero-order valence-electron chi connectivity index (χ0n) is 16.0. The molecule has 0 radical (unpaired) electrons. The van der Waals surface area contributed by atoms with Gasteiger partial charge in [0, 0.05) is 25.8 Å². The van der Waals surface area contributed by atoms with Crippen molar-refractivity contribution in [2.24, 2.45) is 4.99 Å². The van der Waals surface area contributed by atoms with E-state index in [0.717, 1.165) is 11.5 Å². The summed E-state index contributed by atoms with van der Waals surface area (Å²) in [6, 6.07) is 12.6. The van der Waals surface area contributed by atoms with Gasteiger partial charge in [0.15, 0.2) is 17.4 Å². The van der Waals surface area contributed by atoms with Crippen LogP contribution >= 0.6 is 0 Å². The van der Waals surface area contributed by atoms with Crippen LogP contribution in [0.1, 0.15) is 33.5 Å². The number of hydrogen-bond acceptors (Lipinski definition) is 5. The van der Waals surface area contributed by atoms with E-state index in [4.69, 9.17) is 0 Å². The van der Waals surface area contributed by atoms with Crippen LogP contribution in [0.3, 0.4) is 0 Å². The molecule has 9 heteroatoms. The summed E-state index contributed by atoms with van der Waals surface area (Å²) in [5.41, 5.74) is 1.68. The SMILES string of the molecule is CCNC(=NCc1nnc2ccccn12)NCCN1C(=O)c2ccccc2C1=O. The number of nitrogens with zero attached hydrogens (tertiary/aromatic N) is 5. The van der Waals surface area contributed by atoms with E-state index in [-0.39, 0.29) is 18.4 Å². The average Bonchev–Trinajstić information content (AvgIpc) is 3.27. The van der Waals surface area contributed by atoms with Crippen molar-refractivity contribution in [3.05, 3.63) is 65.6 Å². The maximum absolute atomic E-state index is 12.4. The van der Waals surface area contributed by atoms with Gasteiger partial charge in [0.25, 0.3) is 11.8 Å². The molecule has 1 aromatic carbocycles. The molecular weight excluding hydrogens is 370 g/mol. The Bertz CT molecular complexity index is 1050. The maximum Gasteiger partial charge on any atom is 0.261 e. The standard InChI is InChI=1S/C20H21N7O2/c1-2-21-20(23-13-17-25-24-16-9-5-6-11-26(16)17)22-10-12-27-18(28)14-7-3-4-8-15(14)19(27)29/h3-9,11H,2,10,12-13H2,1H3,(H2,21,22,23). The summed E-state index contributed by atoms with van der Waals surface area (Å²) < 4.78 is 1.88. The number of pyridine rings is 1. The molecule has 0 saturated carbocycles. The molecule has 1 aliphatic rings. The van der Waals surface area contributed by atoms with Crippen LogP contribution < -0.4 is 10.6 Å². The molecule has 1 aliphatic heterocycles. The minimum Gasteiger partial charge on any atom is -0.357 e. The van der Waals surface area contributed by atoms with E-state index in [0.29, 0.717) is 36.7 Å². The van der Waals surface area contributed by atoms with Crippen molar-refractivity contribution >= 4 is 23.4 Å². The van der Waals surface area contributed by atoms with Crippen molar-refractivity contribution in [1.82, 2.24) is 30.1 Å². The molecule has 29 heavy (non-hydrogen) atoms. The van der Waals surface area contributed by atoms with E-state index in [2.05, 4.69) is 25.8 Å². The third-order valence-corrected chi connectivity index (χ3v) is 4.61. The third-order valence-electron chi connectivity index (χ3n) is 4.61. The molecule has 0 bridgehead atoms.